The highest BCUT2D eigenvalue weighted by Crippen LogP contribution is 2.40. The van der Waals surface area contributed by atoms with Gasteiger partial charge in [0.25, 0.3) is 5.91 Å². The van der Waals surface area contributed by atoms with E-state index in [9.17, 15) is 14.7 Å². The highest BCUT2D eigenvalue weighted by Gasteiger charge is 2.36. The van der Waals surface area contributed by atoms with Crippen LogP contribution < -0.4 is 14.8 Å². The van der Waals surface area contributed by atoms with Gasteiger partial charge in [0.15, 0.2) is 0 Å². The van der Waals surface area contributed by atoms with Crippen molar-refractivity contribution in [2.45, 2.75) is 116 Å². The molecule has 262 valence electrons. The number of carbonyl (C=O) groups excluding carboxylic acids is 1. The summed E-state index contributed by atoms with van der Waals surface area (Å²) >= 11 is 0. The van der Waals surface area contributed by atoms with E-state index in [1.165, 1.54) is 19.2 Å². The first-order valence-corrected chi connectivity index (χ1v) is 20.9. The second-order valence-corrected chi connectivity index (χ2v) is 21.2. The lowest BCUT2D eigenvalue weighted by Crippen LogP contribution is -2.53. The van der Waals surface area contributed by atoms with Gasteiger partial charge >= 0.3 is 6.09 Å². The van der Waals surface area contributed by atoms with Crippen molar-refractivity contribution in [3.8, 4) is 22.8 Å². The van der Waals surface area contributed by atoms with E-state index < -0.39 is 19.7 Å². The van der Waals surface area contributed by atoms with Crippen molar-refractivity contribution in [1.82, 2.24) is 24.8 Å². The molecular formula is C36H53N5O6Si. The van der Waals surface area contributed by atoms with E-state index >= 15 is 0 Å². The smallest absolute Gasteiger partial charge is 0.407 e. The van der Waals surface area contributed by atoms with E-state index in [4.69, 9.17) is 19.2 Å². The number of fused-ring (bicyclic) bond motifs is 1. The van der Waals surface area contributed by atoms with Crippen LogP contribution in [0.4, 0.5) is 4.79 Å². The summed E-state index contributed by atoms with van der Waals surface area (Å²) in [6.07, 6.45) is 5.71. The number of carboxylic acid groups (broad SMARTS) is 1. The number of amides is 2. The fourth-order valence-corrected chi connectivity index (χ4v) is 7.38. The molecule has 2 heterocycles. The number of methoxy groups -OCH3 is 1. The quantitative estimate of drug-likeness (QED) is 0.142. The summed E-state index contributed by atoms with van der Waals surface area (Å²) in [6, 6.07) is 6.61. The highest BCUT2D eigenvalue weighted by molar-refractivity contribution is 6.76. The van der Waals surface area contributed by atoms with Gasteiger partial charge in [-0.3, -0.25) is 4.79 Å². The summed E-state index contributed by atoms with van der Waals surface area (Å²) < 4.78 is 20.2. The fourth-order valence-electron chi connectivity index (χ4n) is 6.62. The highest BCUT2D eigenvalue weighted by atomic mass is 28.3. The molecular weight excluding hydrogens is 627 g/mol. The van der Waals surface area contributed by atoms with Gasteiger partial charge < -0.3 is 34.1 Å². The number of rotatable bonds is 13. The van der Waals surface area contributed by atoms with Gasteiger partial charge in [-0.1, -0.05) is 19.6 Å². The zero-order chi connectivity index (χ0) is 34.8. The number of ether oxygens (including phenoxy) is 3. The van der Waals surface area contributed by atoms with E-state index in [1.54, 1.807) is 12.0 Å². The summed E-state index contributed by atoms with van der Waals surface area (Å²) in [5.74, 6) is 1.76. The number of aromatic nitrogens is 3. The molecule has 0 saturated heterocycles. The predicted molar refractivity (Wildman–Crippen MR) is 190 cm³/mol. The van der Waals surface area contributed by atoms with Crippen molar-refractivity contribution in [3.05, 3.63) is 35.8 Å². The number of benzene rings is 1. The average Bonchev–Trinajstić information content (AvgIpc) is 3.80. The lowest BCUT2D eigenvalue weighted by molar-refractivity contribution is 0.0519. The third-order valence-corrected chi connectivity index (χ3v) is 11.2. The van der Waals surface area contributed by atoms with Gasteiger partial charge in [-0.2, -0.15) is 0 Å². The molecule has 5 rings (SSSR count). The standard InChI is InChI=1S/C36H53N5O6Si/c1-23-30(34(42)39-25-11-13-26(14-12-25)41(35(43)44)36(2,3)4)32-33(40(23)22-46-17-18-48(6,7)8)31(37-21-38-32)28-19-27(45-5)15-16-29(28)47-20-24-9-10-24/h15-16,19,21,24-26H,9-14,17-18,20,22H2,1-8H3,(H,39,42)(H,43,44)/t25-,26+. The van der Waals surface area contributed by atoms with Crippen LogP contribution in [0.2, 0.25) is 25.7 Å². The molecule has 0 atom stereocenters. The average molecular weight is 680 g/mol. The van der Waals surface area contributed by atoms with Crippen molar-refractivity contribution in [3.63, 3.8) is 0 Å². The van der Waals surface area contributed by atoms with Gasteiger partial charge in [0, 0.05) is 43.6 Å². The lowest BCUT2D eigenvalue weighted by atomic mass is 9.88. The minimum Gasteiger partial charge on any atom is -0.497 e. The Kier molecular flexibility index (Phi) is 10.7. The van der Waals surface area contributed by atoms with Crippen LogP contribution in [0.1, 0.15) is 75.3 Å². The SMILES string of the molecule is COc1ccc(OCC2CC2)c(-c2ncnc3c(C(=O)N[C@H]4CC[C@@H](N(C(=O)O)C(C)(C)C)CC4)c(C)n(COCC[Si](C)(C)C)c23)c1. The Hall–Kier alpha value is -3.64. The van der Waals surface area contributed by atoms with Crippen LogP contribution >= 0.6 is 0 Å². The largest absolute Gasteiger partial charge is 0.497 e. The maximum Gasteiger partial charge on any atom is 0.407 e. The van der Waals surface area contributed by atoms with Gasteiger partial charge in [0.05, 0.1) is 24.8 Å². The summed E-state index contributed by atoms with van der Waals surface area (Å²) in [5.41, 5.74) is 3.44. The predicted octanol–water partition coefficient (Wildman–Crippen LogP) is 7.34. The third kappa shape index (κ3) is 8.31. The van der Waals surface area contributed by atoms with Crippen LogP contribution in [0.25, 0.3) is 22.3 Å². The minimum absolute atomic E-state index is 0.0720. The van der Waals surface area contributed by atoms with E-state index in [1.807, 2.05) is 50.5 Å². The van der Waals surface area contributed by atoms with Crippen LogP contribution in [0.3, 0.4) is 0 Å². The molecule has 2 saturated carbocycles. The maximum absolute atomic E-state index is 14.1. The van der Waals surface area contributed by atoms with Gasteiger partial charge in [0.1, 0.15) is 35.8 Å². The first kappa shape index (κ1) is 35.7. The topological polar surface area (TPSA) is 128 Å². The number of hydrogen-bond acceptors (Lipinski definition) is 7. The van der Waals surface area contributed by atoms with Crippen LogP contribution in [-0.4, -0.2) is 82.6 Å². The molecule has 2 aliphatic carbocycles. The summed E-state index contributed by atoms with van der Waals surface area (Å²) in [7, 11) is 0.322. The second-order valence-electron chi connectivity index (χ2n) is 15.6. The van der Waals surface area contributed by atoms with Gasteiger partial charge in [-0.05, 0) is 96.4 Å². The Morgan fingerprint density at radius 1 is 1.08 bits per heavy atom. The van der Waals surface area contributed by atoms with Crippen LogP contribution in [-0.2, 0) is 11.5 Å². The van der Waals surface area contributed by atoms with Crippen molar-refractivity contribution >= 4 is 31.1 Å². The van der Waals surface area contributed by atoms with Crippen molar-refractivity contribution in [2.75, 3.05) is 20.3 Å². The number of carbonyl (C=O) groups is 2. The maximum atomic E-state index is 14.1. The Balaban J connectivity index is 1.48. The molecule has 2 amide bonds. The normalized spacial score (nSPS) is 18.5. The summed E-state index contributed by atoms with van der Waals surface area (Å²) in [4.78, 5) is 37.2. The van der Waals surface area contributed by atoms with Crippen LogP contribution in [0.15, 0.2) is 24.5 Å². The zero-order valence-electron chi connectivity index (χ0n) is 29.9. The Morgan fingerprint density at radius 3 is 2.40 bits per heavy atom. The third-order valence-electron chi connectivity index (χ3n) is 9.48. The summed E-state index contributed by atoms with van der Waals surface area (Å²) in [5, 5.41) is 13.2. The molecule has 2 aromatic heterocycles. The zero-order valence-corrected chi connectivity index (χ0v) is 30.9. The number of nitrogens with one attached hydrogen (secondary N) is 1. The Morgan fingerprint density at radius 2 is 1.79 bits per heavy atom. The monoisotopic (exact) mass is 679 g/mol. The molecule has 0 bridgehead atoms. The molecule has 0 unspecified atom stereocenters. The summed E-state index contributed by atoms with van der Waals surface area (Å²) in [6.45, 7) is 16.2. The van der Waals surface area contributed by atoms with E-state index in [0.29, 0.717) is 78.6 Å². The molecule has 0 aliphatic heterocycles. The Bertz CT molecular complexity index is 1620. The lowest BCUT2D eigenvalue weighted by Gasteiger charge is -2.42. The van der Waals surface area contributed by atoms with Gasteiger partial charge in [-0.15, -0.1) is 0 Å². The van der Waals surface area contributed by atoms with Gasteiger partial charge in [-0.25, -0.2) is 14.8 Å². The molecule has 0 spiro atoms. The molecule has 48 heavy (non-hydrogen) atoms. The molecule has 2 fully saturated rings. The van der Waals surface area contributed by atoms with Gasteiger partial charge in [0.2, 0.25) is 0 Å². The molecule has 2 N–H and O–H groups in total. The second kappa shape index (κ2) is 14.5. The minimum atomic E-state index is -1.31. The van der Waals surface area contributed by atoms with E-state index in [-0.39, 0.29) is 24.7 Å². The first-order chi connectivity index (χ1) is 22.7. The van der Waals surface area contributed by atoms with Crippen molar-refractivity contribution in [2.24, 2.45) is 5.92 Å². The molecule has 1 aromatic carbocycles. The van der Waals surface area contributed by atoms with E-state index in [2.05, 4.69) is 29.9 Å². The van der Waals surface area contributed by atoms with E-state index in [0.717, 1.165) is 17.3 Å². The first-order valence-electron chi connectivity index (χ1n) is 17.2. The fraction of sp³-hybridized carbons (Fsp3) is 0.611. The van der Waals surface area contributed by atoms with Crippen molar-refractivity contribution < 1.29 is 28.9 Å². The Labute approximate surface area is 285 Å². The molecule has 2 aliphatic rings. The molecule has 3 aromatic rings. The molecule has 12 heteroatoms. The van der Waals surface area contributed by atoms with Crippen molar-refractivity contribution in [1.29, 1.82) is 0 Å². The molecule has 0 radical (unpaired) electrons. The van der Waals surface area contributed by atoms with Crippen LogP contribution in [0.5, 0.6) is 11.5 Å². The van der Waals surface area contributed by atoms with Crippen LogP contribution in [0, 0.1) is 12.8 Å². The molecule has 11 nitrogen and oxygen atoms in total. The number of nitrogens with zero attached hydrogens (tertiary/aromatic N) is 4. The number of hydrogen-bond donors (Lipinski definition) is 2.